The highest BCUT2D eigenvalue weighted by molar-refractivity contribution is 8.54. The fourth-order valence-electron chi connectivity index (χ4n) is 2.73. The lowest BCUT2D eigenvalue weighted by atomic mass is 9.83. The van der Waals surface area contributed by atoms with Gasteiger partial charge in [-0.25, -0.2) is 4.57 Å². The molecule has 0 aromatic heterocycles. The number of aliphatic hydroxyl groups is 2. The first-order valence-electron chi connectivity index (χ1n) is 7.37. The molecule has 0 aliphatic carbocycles. The fraction of sp³-hybridized carbons (Fsp3) is 0.250. The molecule has 0 fully saturated rings. The first-order chi connectivity index (χ1) is 11.6. The van der Waals surface area contributed by atoms with Crippen molar-refractivity contribution < 1.29 is 34.8 Å². The van der Waals surface area contributed by atoms with E-state index in [9.17, 15) is 34.8 Å². The summed E-state index contributed by atoms with van der Waals surface area (Å²) in [7, 11) is 0. The third kappa shape index (κ3) is 4.55. The highest BCUT2D eigenvalue weighted by Crippen LogP contribution is 2.58. The van der Waals surface area contributed by atoms with Crippen LogP contribution in [0.15, 0.2) is 47.4 Å². The van der Waals surface area contributed by atoms with Crippen molar-refractivity contribution in [3.8, 4) is 11.5 Å². The maximum Gasteiger partial charge on any atom is 0.388 e. The Morgan fingerprint density at radius 1 is 1.08 bits per heavy atom. The van der Waals surface area contributed by atoms with Crippen LogP contribution in [0, 0.1) is 0 Å². The Balaban J connectivity index is 2.57. The first kappa shape index (κ1) is 19.8. The van der Waals surface area contributed by atoms with E-state index in [1.54, 1.807) is 6.92 Å². The average molecular weight is 386 g/mol. The number of phenolic OH excluding ortho intramolecular Hbond substituents is 2. The minimum Gasteiger partial charge on any atom is -0.508 e. The van der Waals surface area contributed by atoms with Crippen molar-refractivity contribution in [1.29, 1.82) is 0 Å². The molecule has 25 heavy (non-hydrogen) atoms. The molecule has 9 heteroatoms. The van der Waals surface area contributed by atoms with Crippen LogP contribution in [0.5, 0.6) is 11.5 Å². The minimum absolute atomic E-state index is 0.0142. The second kappa shape index (κ2) is 7.37. The SMILES string of the molecule is CCC(c1ccc(O)cc1)C(O)(O)c1c(O)cccc1SP(=O)(O)O. The molecule has 0 radical (unpaired) electrons. The molecule has 0 aliphatic heterocycles. The van der Waals surface area contributed by atoms with E-state index in [2.05, 4.69) is 0 Å². The largest absolute Gasteiger partial charge is 0.508 e. The molecular weight excluding hydrogens is 367 g/mol. The Kier molecular flexibility index (Phi) is 5.83. The quantitative estimate of drug-likeness (QED) is 0.329. The van der Waals surface area contributed by atoms with Crippen LogP contribution in [-0.4, -0.2) is 30.2 Å². The van der Waals surface area contributed by atoms with Crippen molar-refractivity contribution in [1.82, 2.24) is 0 Å². The van der Waals surface area contributed by atoms with Gasteiger partial charge in [-0.15, -0.1) is 0 Å². The summed E-state index contributed by atoms with van der Waals surface area (Å²) < 4.78 is 11.3. The molecule has 0 saturated heterocycles. The molecule has 0 aliphatic rings. The maximum atomic E-state index is 11.3. The molecule has 0 bridgehead atoms. The van der Waals surface area contributed by atoms with Crippen molar-refractivity contribution >= 4 is 18.2 Å². The third-order valence-corrected chi connectivity index (χ3v) is 5.86. The fourth-order valence-corrected chi connectivity index (χ4v) is 4.69. The number of phenols is 2. The van der Waals surface area contributed by atoms with Crippen LogP contribution in [0.1, 0.15) is 30.4 Å². The lowest BCUT2D eigenvalue weighted by Gasteiger charge is -2.33. The van der Waals surface area contributed by atoms with Gasteiger partial charge in [0.2, 0.25) is 5.79 Å². The van der Waals surface area contributed by atoms with Gasteiger partial charge in [-0.1, -0.05) is 25.1 Å². The first-order valence-corrected chi connectivity index (χ1v) is 10.4. The third-order valence-electron chi connectivity index (χ3n) is 3.78. The summed E-state index contributed by atoms with van der Waals surface area (Å²) in [6, 6.07) is 9.68. The van der Waals surface area contributed by atoms with Gasteiger partial charge in [0.15, 0.2) is 0 Å². The van der Waals surface area contributed by atoms with Crippen molar-refractivity contribution in [3.63, 3.8) is 0 Å². The van der Waals surface area contributed by atoms with Crippen LogP contribution >= 0.6 is 18.2 Å². The molecule has 0 heterocycles. The molecule has 2 rings (SSSR count). The number of rotatable bonds is 6. The van der Waals surface area contributed by atoms with Crippen molar-refractivity contribution in [2.75, 3.05) is 0 Å². The molecule has 0 saturated carbocycles. The molecule has 2 aromatic rings. The van der Waals surface area contributed by atoms with E-state index in [-0.39, 0.29) is 34.0 Å². The van der Waals surface area contributed by atoms with Crippen molar-refractivity contribution in [3.05, 3.63) is 53.6 Å². The van der Waals surface area contributed by atoms with E-state index in [1.807, 2.05) is 0 Å². The standard InChI is InChI=1S/C16H19O7PS/c1-2-12(10-6-8-11(17)9-7-10)16(19,20)15-13(18)4-3-5-14(15)25-24(21,22)23/h3-9,12,17-20H,2H2,1H3,(H2,21,22,23). The monoisotopic (exact) mass is 386 g/mol. The van der Waals surface area contributed by atoms with E-state index in [1.165, 1.54) is 42.5 Å². The molecule has 1 unspecified atom stereocenters. The molecule has 1 atom stereocenters. The van der Waals surface area contributed by atoms with Gasteiger partial charge in [-0.3, -0.25) is 0 Å². The summed E-state index contributed by atoms with van der Waals surface area (Å²) in [6.45, 7) is -2.87. The van der Waals surface area contributed by atoms with Crippen LogP contribution in [0.3, 0.4) is 0 Å². The summed E-state index contributed by atoms with van der Waals surface area (Å²) in [5.41, 5.74) is 0.115. The zero-order valence-electron chi connectivity index (χ0n) is 13.3. The highest BCUT2D eigenvalue weighted by atomic mass is 32.7. The Labute approximate surface area is 148 Å². The van der Waals surface area contributed by atoms with Gasteiger partial charge in [0, 0.05) is 10.8 Å². The topological polar surface area (TPSA) is 138 Å². The lowest BCUT2D eigenvalue weighted by Crippen LogP contribution is -2.33. The zero-order valence-corrected chi connectivity index (χ0v) is 15.0. The van der Waals surface area contributed by atoms with Gasteiger partial charge in [0.05, 0.1) is 5.56 Å². The van der Waals surface area contributed by atoms with Crippen molar-refractivity contribution in [2.24, 2.45) is 0 Å². The summed E-state index contributed by atoms with van der Waals surface area (Å²) in [5, 5.41) is 41.1. The predicted octanol–water partition coefficient (Wildman–Crippen LogP) is 2.61. The Morgan fingerprint density at radius 2 is 1.68 bits per heavy atom. The second-order valence-corrected chi connectivity index (χ2v) is 9.09. The van der Waals surface area contributed by atoms with Crippen molar-refractivity contribution in [2.45, 2.75) is 29.9 Å². The summed E-state index contributed by atoms with van der Waals surface area (Å²) in [6.07, 6.45) is 0.256. The van der Waals surface area contributed by atoms with Gasteiger partial charge in [-0.05, 0) is 47.6 Å². The summed E-state index contributed by atoms with van der Waals surface area (Å²) in [4.78, 5) is 18.3. The van der Waals surface area contributed by atoms with E-state index >= 15 is 0 Å². The molecule has 0 spiro atoms. The average Bonchev–Trinajstić information content (AvgIpc) is 2.47. The van der Waals surface area contributed by atoms with E-state index < -0.39 is 24.3 Å². The highest BCUT2D eigenvalue weighted by Gasteiger charge is 2.41. The molecule has 7 nitrogen and oxygen atoms in total. The van der Waals surface area contributed by atoms with Crippen LogP contribution in [0.2, 0.25) is 0 Å². The lowest BCUT2D eigenvalue weighted by molar-refractivity contribution is -0.191. The number of benzene rings is 2. The number of hydrogen-bond donors (Lipinski definition) is 6. The van der Waals surface area contributed by atoms with Crippen LogP contribution < -0.4 is 0 Å². The Morgan fingerprint density at radius 3 is 2.20 bits per heavy atom. The normalized spacial score (nSPS) is 13.6. The molecule has 6 N–H and O–H groups in total. The number of hydrogen-bond acceptors (Lipinski definition) is 6. The second-order valence-electron chi connectivity index (χ2n) is 5.51. The van der Waals surface area contributed by atoms with Gasteiger partial charge >= 0.3 is 6.80 Å². The Bertz CT molecular complexity index is 786. The molecule has 2 aromatic carbocycles. The summed E-state index contributed by atoms with van der Waals surface area (Å²) >= 11 is 0.141. The van der Waals surface area contributed by atoms with Gasteiger partial charge in [0.25, 0.3) is 0 Å². The van der Waals surface area contributed by atoms with Crippen LogP contribution in [0.25, 0.3) is 0 Å². The van der Waals surface area contributed by atoms with E-state index in [4.69, 9.17) is 0 Å². The Hall–Kier alpha value is -1.54. The van der Waals surface area contributed by atoms with Gasteiger partial charge < -0.3 is 30.2 Å². The molecular formula is C16H19O7PS. The summed E-state index contributed by atoms with van der Waals surface area (Å²) in [5.74, 6) is -3.97. The van der Waals surface area contributed by atoms with Gasteiger partial charge in [0.1, 0.15) is 11.5 Å². The van der Waals surface area contributed by atoms with Gasteiger partial charge in [-0.2, -0.15) is 0 Å². The molecule has 136 valence electrons. The predicted molar refractivity (Wildman–Crippen MR) is 93.3 cm³/mol. The zero-order chi connectivity index (χ0) is 18.8. The minimum atomic E-state index is -4.57. The maximum absolute atomic E-state index is 11.3. The smallest absolute Gasteiger partial charge is 0.388 e. The van der Waals surface area contributed by atoms with Crippen LogP contribution in [-0.2, 0) is 10.4 Å². The van der Waals surface area contributed by atoms with E-state index in [0.29, 0.717) is 5.56 Å². The molecule has 0 amide bonds. The van der Waals surface area contributed by atoms with E-state index in [0.717, 1.165) is 0 Å². The number of aromatic hydroxyl groups is 2. The van der Waals surface area contributed by atoms with Crippen LogP contribution in [0.4, 0.5) is 0 Å².